The average Bonchev–Trinajstić information content (AvgIpc) is 2.35. The summed E-state index contributed by atoms with van der Waals surface area (Å²) in [4.78, 5) is 0.230. The van der Waals surface area contributed by atoms with Crippen LogP contribution in [0.25, 0.3) is 0 Å². The minimum Gasteiger partial charge on any atom is -0.279 e. The third kappa shape index (κ3) is 3.40. The van der Waals surface area contributed by atoms with Gasteiger partial charge < -0.3 is 0 Å². The fraction of sp³-hybridized carbons (Fsp3) is 0.0769. The first-order chi connectivity index (χ1) is 8.90. The quantitative estimate of drug-likeness (QED) is 0.780. The summed E-state index contributed by atoms with van der Waals surface area (Å²) in [7, 11) is -3.58. The molecular formula is C13H11ClINO2S. The molecule has 0 aliphatic heterocycles. The van der Waals surface area contributed by atoms with Gasteiger partial charge in [0.1, 0.15) is 0 Å². The van der Waals surface area contributed by atoms with Gasteiger partial charge >= 0.3 is 0 Å². The third-order valence-electron chi connectivity index (χ3n) is 2.53. The summed E-state index contributed by atoms with van der Waals surface area (Å²) < 4.78 is 27.7. The van der Waals surface area contributed by atoms with Gasteiger partial charge in [0.05, 0.1) is 19.2 Å². The van der Waals surface area contributed by atoms with Crippen LogP contribution in [0, 0.1) is 10.5 Å². The molecule has 100 valence electrons. The van der Waals surface area contributed by atoms with Crippen molar-refractivity contribution in [2.24, 2.45) is 0 Å². The smallest absolute Gasteiger partial charge is 0.261 e. The van der Waals surface area contributed by atoms with Crippen molar-refractivity contribution in [2.75, 3.05) is 4.72 Å². The van der Waals surface area contributed by atoms with Crippen molar-refractivity contribution >= 4 is 49.9 Å². The van der Waals surface area contributed by atoms with Crippen LogP contribution in [-0.2, 0) is 10.0 Å². The number of aryl methyl sites for hydroxylation is 1. The summed E-state index contributed by atoms with van der Waals surface area (Å²) >= 11 is 7.98. The van der Waals surface area contributed by atoms with Gasteiger partial charge in [-0.3, -0.25) is 4.72 Å². The predicted molar refractivity (Wildman–Crippen MR) is 86.2 cm³/mol. The van der Waals surface area contributed by atoms with Crippen molar-refractivity contribution in [3.05, 3.63) is 56.6 Å². The molecule has 3 nitrogen and oxygen atoms in total. The van der Waals surface area contributed by atoms with Crippen LogP contribution < -0.4 is 4.72 Å². The molecule has 19 heavy (non-hydrogen) atoms. The molecule has 0 aromatic heterocycles. The Labute approximate surface area is 131 Å². The number of anilines is 1. The minimum absolute atomic E-state index is 0.230. The molecule has 6 heteroatoms. The lowest BCUT2D eigenvalue weighted by Gasteiger charge is -2.10. The van der Waals surface area contributed by atoms with Gasteiger partial charge in [-0.1, -0.05) is 35.4 Å². The number of halogens is 2. The molecule has 2 aromatic carbocycles. The van der Waals surface area contributed by atoms with Crippen LogP contribution >= 0.6 is 34.2 Å². The Hall–Kier alpha value is -0.790. The topological polar surface area (TPSA) is 46.2 Å². The number of nitrogens with one attached hydrogen (secondary N) is 1. The lowest BCUT2D eigenvalue weighted by atomic mass is 10.2. The Kier molecular flexibility index (Phi) is 4.37. The highest BCUT2D eigenvalue weighted by molar-refractivity contribution is 14.1. The highest BCUT2D eigenvalue weighted by Crippen LogP contribution is 2.27. The summed E-state index contributed by atoms with van der Waals surface area (Å²) in [5.41, 5.74) is 1.49. The maximum Gasteiger partial charge on any atom is 0.261 e. The molecule has 2 rings (SSSR count). The van der Waals surface area contributed by atoms with E-state index in [0.717, 1.165) is 5.56 Å². The lowest BCUT2D eigenvalue weighted by molar-refractivity contribution is 0.601. The zero-order valence-electron chi connectivity index (χ0n) is 10.0. The second kappa shape index (κ2) is 5.68. The molecule has 0 atom stereocenters. The Balaban J connectivity index is 2.36. The van der Waals surface area contributed by atoms with E-state index in [0.29, 0.717) is 14.3 Å². The van der Waals surface area contributed by atoms with Crippen molar-refractivity contribution in [2.45, 2.75) is 11.8 Å². The molecule has 0 heterocycles. The number of hydrogen-bond donors (Lipinski definition) is 1. The highest BCUT2D eigenvalue weighted by Gasteiger charge is 2.15. The van der Waals surface area contributed by atoms with Gasteiger partial charge in [-0.25, -0.2) is 8.42 Å². The van der Waals surface area contributed by atoms with Crippen molar-refractivity contribution in [1.82, 2.24) is 0 Å². The molecule has 0 bridgehead atoms. The summed E-state index contributed by atoms with van der Waals surface area (Å²) in [6.45, 7) is 1.91. The average molecular weight is 408 g/mol. The molecule has 2 aromatic rings. The maximum absolute atomic E-state index is 12.2. The van der Waals surface area contributed by atoms with Gasteiger partial charge in [0, 0.05) is 0 Å². The number of benzene rings is 2. The molecule has 0 saturated carbocycles. The van der Waals surface area contributed by atoms with Gasteiger partial charge in [0.2, 0.25) is 0 Å². The van der Waals surface area contributed by atoms with Crippen LogP contribution in [0.2, 0.25) is 5.02 Å². The van der Waals surface area contributed by atoms with Crippen molar-refractivity contribution in [1.29, 1.82) is 0 Å². The molecule has 0 saturated heterocycles. The summed E-state index contributed by atoms with van der Waals surface area (Å²) in [6, 6.07) is 11.8. The van der Waals surface area contributed by atoms with E-state index in [1.54, 1.807) is 42.5 Å². The number of sulfonamides is 1. The van der Waals surface area contributed by atoms with E-state index in [9.17, 15) is 8.42 Å². The first kappa shape index (κ1) is 14.6. The zero-order chi connectivity index (χ0) is 14.0. The molecule has 0 aliphatic rings. The fourth-order valence-corrected chi connectivity index (χ4v) is 3.43. The fourth-order valence-electron chi connectivity index (χ4n) is 1.50. The van der Waals surface area contributed by atoms with E-state index in [1.807, 2.05) is 29.5 Å². The number of rotatable bonds is 3. The molecule has 1 N–H and O–H groups in total. The maximum atomic E-state index is 12.2. The van der Waals surface area contributed by atoms with E-state index in [4.69, 9.17) is 11.6 Å². The van der Waals surface area contributed by atoms with Gasteiger partial charge in [-0.05, 0) is 53.8 Å². The molecule has 0 spiro atoms. The monoisotopic (exact) mass is 407 g/mol. The molecule has 0 aliphatic carbocycles. The molecule has 0 radical (unpaired) electrons. The summed E-state index contributed by atoms with van der Waals surface area (Å²) in [5.74, 6) is 0. The third-order valence-corrected chi connectivity index (χ3v) is 5.70. The Morgan fingerprint density at radius 1 is 1.11 bits per heavy atom. The first-order valence-corrected chi connectivity index (χ1v) is 8.37. The van der Waals surface area contributed by atoms with E-state index in [-0.39, 0.29) is 4.90 Å². The SMILES string of the molecule is Cc1ccc(S(=O)(=O)Nc2cccc(Cl)c2I)cc1. The largest absolute Gasteiger partial charge is 0.279 e. The molecular weight excluding hydrogens is 397 g/mol. The second-order valence-electron chi connectivity index (χ2n) is 4.02. The second-order valence-corrected chi connectivity index (χ2v) is 7.19. The predicted octanol–water partition coefficient (Wildman–Crippen LogP) is 4.05. The lowest BCUT2D eigenvalue weighted by Crippen LogP contribution is -2.13. The van der Waals surface area contributed by atoms with Crippen LogP contribution in [0.3, 0.4) is 0 Å². The van der Waals surface area contributed by atoms with E-state index >= 15 is 0 Å². The van der Waals surface area contributed by atoms with Crippen molar-refractivity contribution in [3.8, 4) is 0 Å². The Morgan fingerprint density at radius 2 is 1.74 bits per heavy atom. The zero-order valence-corrected chi connectivity index (χ0v) is 13.8. The van der Waals surface area contributed by atoms with E-state index in [1.165, 1.54) is 0 Å². The molecule has 0 amide bonds. The van der Waals surface area contributed by atoms with Crippen LogP contribution in [0.4, 0.5) is 5.69 Å². The highest BCUT2D eigenvalue weighted by atomic mass is 127. The number of hydrogen-bond acceptors (Lipinski definition) is 2. The van der Waals surface area contributed by atoms with Crippen LogP contribution in [-0.4, -0.2) is 8.42 Å². The van der Waals surface area contributed by atoms with Crippen LogP contribution in [0.5, 0.6) is 0 Å². The van der Waals surface area contributed by atoms with Crippen molar-refractivity contribution in [3.63, 3.8) is 0 Å². The van der Waals surface area contributed by atoms with Gasteiger partial charge in [0.15, 0.2) is 0 Å². The summed E-state index contributed by atoms with van der Waals surface area (Å²) in [6.07, 6.45) is 0. The normalized spacial score (nSPS) is 11.3. The van der Waals surface area contributed by atoms with E-state index < -0.39 is 10.0 Å². The standard InChI is InChI=1S/C13H11ClINO2S/c1-9-5-7-10(8-6-9)19(17,18)16-12-4-2-3-11(14)13(12)15/h2-8,16H,1H3. The van der Waals surface area contributed by atoms with Crippen LogP contribution in [0.1, 0.15) is 5.56 Å². The molecule has 0 unspecified atom stereocenters. The van der Waals surface area contributed by atoms with Crippen molar-refractivity contribution < 1.29 is 8.42 Å². The summed E-state index contributed by atoms with van der Waals surface area (Å²) in [5, 5.41) is 0.518. The van der Waals surface area contributed by atoms with Gasteiger partial charge in [-0.2, -0.15) is 0 Å². The Morgan fingerprint density at radius 3 is 2.37 bits per heavy atom. The first-order valence-electron chi connectivity index (χ1n) is 5.43. The minimum atomic E-state index is -3.58. The van der Waals surface area contributed by atoms with Gasteiger partial charge in [-0.15, -0.1) is 0 Å². The van der Waals surface area contributed by atoms with E-state index in [2.05, 4.69) is 4.72 Å². The van der Waals surface area contributed by atoms with Crippen LogP contribution in [0.15, 0.2) is 47.4 Å². The van der Waals surface area contributed by atoms with Gasteiger partial charge in [0.25, 0.3) is 10.0 Å². The Bertz CT molecular complexity index is 699. The molecule has 0 fully saturated rings.